The summed E-state index contributed by atoms with van der Waals surface area (Å²) in [5.74, 6) is -0.284. The molecule has 0 unspecified atom stereocenters. The lowest BCUT2D eigenvalue weighted by Gasteiger charge is -2.09. The molecule has 3 rings (SSSR count). The number of phenols is 3. The number of aromatic hydroxyl groups is 3. The molecule has 0 atom stereocenters. The smallest absolute Gasteiger partial charge is 0.255 e. The van der Waals surface area contributed by atoms with Crippen LogP contribution in [0.3, 0.4) is 0 Å². The summed E-state index contributed by atoms with van der Waals surface area (Å²) in [6, 6.07) is 14.3. The van der Waals surface area contributed by atoms with Crippen molar-refractivity contribution in [1.29, 1.82) is 0 Å². The number of carbonyl (C=O) groups excluding carboxylic acids is 1. The van der Waals surface area contributed by atoms with Gasteiger partial charge in [0.05, 0.1) is 5.56 Å². The van der Waals surface area contributed by atoms with Gasteiger partial charge in [-0.25, -0.2) is 0 Å². The van der Waals surface area contributed by atoms with Gasteiger partial charge in [0.15, 0.2) is 0 Å². The Balaban J connectivity index is 1.81. The molecule has 4 N–H and O–H groups in total. The first-order chi connectivity index (χ1) is 11.0. The van der Waals surface area contributed by atoms with Crippen molar-refractivity contribution in [2.45, 2.75) is 6.54 Å². The SMILES string of the molecule is O=C(NCc1ccc(O)cc1)c1cc2ccc(O)cc2cc1O. The zero-order chi connectivity index (χ0) is 16.4. The maximum atomic E-state index is 12.2. The third kappa shape index (κ3) is 3.18. The highest BCUT2D eigenvalue weighted by atomic mass is 16.3. The first kappa shape index (κ1) is 14.7. The molecular weight excluding hydrogens is 294 g/mol. The predicted octanol–water partition coefficient (Wildman–Crippen LogP) is 2.89. The third-order valence-electron chi connectivity index (χ3n) is 3.57. The highest BCUT2D eigenvalue weighted by Crippen LogP contribution is 2.27. The van der Waals surface area contributed by atoms with Crippen molar-refractivity contribution in [3.8, 4) is 17.2 Å². The standard InChI is InChI=1S/C18H15NO4/c20-14-4-1-11(2-5-14)10-19-18(23)16-8-12-3-6-15(21)7-13(12)9-17(16)22/h1-9,20-22H,10H2,(H,19,23). The van der Waals surface area contributed by atoms with Gasteiger partial charge >= 0.3 is 0 Å². The Hall–Kier alpha value is -3.21. The second kappa shape index (κ2) is 5.88. The van der Waals surface area contributed by atoms with Gasteiger partial charge in [0.2, 0.25) is 0 Å². The second-order valence-corrected chi connectivity index (χ2v) is 5.25. The largest absolute Gasteiger partial charge is 0.508 e. The number of hydrogen-bond acceptors (Lipinski definition) is 4. The monoisotopic (exact) mass is 309 g/mol. The summed E-state index contributed by atoms with van der Waals surface area (Å²) < 4.78 is 0. The number of nitrogens with one attached hydrogen (secondary N) is 1. The lowest BCUT2D eigenvalue weighted by atomic mass is 10.0. The normalized spacial score (nSPS) is 10.6. The van der Waals surface area contributed by atoms with Crippen LogP contribution in [0.1, 0.15) is 15.9 Å². The number of carbonyl (C=O) groups is 1. The zero-order valence-electron chi connectivity index (χ0n) is 12.2. The average Bonchev–Trinajstić information content (AvgIpc) is 2.53. The number of amides is 1. The van der Waals surface area contributed by atoms with Crippen LogP contribution in [-0.2, 0) is 6.54 Å². The Bertz CT molecular complexity index is 872. The summed E-state index contributed by atoms with van der Waals surface area (Å²) in [5.41, 5.74) is 1.00. The quantitative estimate of drug-likeness (QED) is 0.599. The fourth-order valence-electron chi connectivity index (χ4n) is 2.35. The van der Waals surface area contributed by atoms with Gasteiger partial charge in [0, 0.05) is 6.54 Å². The van der Waals surface area contributed by atoms with Crippen LogP contribution in [0.2, 0.25) is 0 Å². The zero-order valence-corrected chi connectivity index (χ0v) is 12.2. The molecule has 0 radical (unpaired) electrons. The van der Waals surface area contributed by atoms with E-state index in [1.54, 1.807) is 36.4 Å². The Morgan fingerprint density at radius 3 is 2.26 bits per heavy atom. The molecule has 0 fully saturated rings. The number of fused-ring (bicyclic) bond motifs is 1. The van der Waals surface area contributed by atoms with Gasteiger partial charge in [-0.3, -0.25) is 4.79 Å². The molecule has 0 saturated carbocycles. The Morgan fingerprint density at radius 2 is 1.52 bits per heavy atom. The van der Waals surface area contributed by atoms with E-state index < -0.39 is 5.91 Å². The number of phenolic OH excluding ortho intramolecular Hbond substituents is 3. The summed E-state index contributed by atoms with van der Waals surface area (Å²) in [6.45, 7) is 0.284. The molecule has 3 aromatic rings. The summed E-state index contributed by atoms with van der Waals surface area (Å²) in [6.07, 6.45) is 0. The number of hydrogen-bond donors (Lipinski definition) is 4. The molecule has 23 heavy (non-hydrogen) atoms. The molecule has 0 spiro atoms. The first-order valence-electron chi connectivity index (χ1n) is 7.05. The molecule has 0 aliphatic carbocycles. The van der Waals surface area contributed by atoms with Crippen molar-refractivity contribution in [2.75, 3.05) is 0 Å². The molecule has 5 nitrogen and oxygen atoms in total. The topological polar surface area (TPSA) is 89.8 Å². The van der Waals surface area contributed by atoms with Crippen LogP contribution in [0, 0.1) is 0 Å². The molecular formula is C18H15NO4. The van der Waals surface area contributed by atoms with Crippen molar-refractivity contribution in [1.82, 2.24) is 5.32 Å². The second-order valence-electron chi connectivity index (χ2n) is 5.25. The fraction of sp³-hybridized carbons (Fsp3) is 0.0556. The van der Waals surface area contributed by atoms with Crippen LogP contribution in [-0.4, -0.2) is 21.2 Å². The minimum Gasteiger partial charge on any atom is -0.508 e. The van der Waals surface area contributed by atoms with E-state index in [1.165, 1.54) is 18.2 Å². The van der Waals surface area contributed by atoms with E-state index in [9.17, 15) is 20.1 Å². The van der Waals surface area contributed by atoms with Gasteiger partial charge in [-0.15, -0.1) is 0 Å². The highest BCUT2D eigenvalue weighted by Gasteiger charge is 2.12. The summed E-state index contributed by atoms with van der Waals surface area (Å²) in [5, 5.41) is 32.8. The Morgan fingerprint density at radius 1 is 0.826 bits per heavy atom. The van der Waals surface area contributed by atoms with Crippen LogP contribution >= 0.6 is 0 Å². The van der Waals surface area contributed by atoms with Crippen molar-refractivity contribution in [2.24, 2.45) is 0 Å². The Labute approximate surface area is 132 Å². The lowest BCUT2D eigenvalue weighted by Crippen LogP contribution is -2.22. The lowest BCUT2D eigenvalue weighted by molar-refractivity contribution is 0.0948. The van der Waals surface area contributed by atoms with Gasteiger partial charge in [-0.1, -0.05) is 18.2 Å². The number of benzene rings is 3. The summed E-state index contributed by atoms with van der Waals surface area (Å²) in [7, 11) is 0. The van der Waals surface area contributed by atoms with Gasteiger partial charge < -0.3 is 20.6 Å². The van der Waals surface area contributed by atoms with E-state index in [4.69, 9.17) is 0 Å². The molecule has 5 heteroatoms. The molecule has 0 bridgehead atoms. The summed E-state index contributed by atoms with van der Waals surface area (Å²) >= 11 is 0. The summed E-state index contributed by atoms with van der Waals surface area (Å²) in [4.78, 5) is 12.2. The minimum atomic E-state index is -0.398. The van der Waals surface area contributed by atoms with Crippen LogP contribution < -0.4 is 5.32 Å². The molecule has 0 aliphatic heterocycles. The van der Waals surface area contributed by atoms with E-state index in [2.05, 4.69) is 5.32 Å². The van der Waals surface area contributed by atoms with Crippen molar-refractivity contribution >= 4 is 16.7 Å². The average molecular weight is 309 g/mol. The van der Waals surface area contributed by atoms with E-state index >= 15 is 0 Å². The van der Waals surface area contributed by atoms with Crippen molar-refractivity contribution < 1.29 is 20.1 Å². The van der Waals surface area contributed by atoms with Crippen LogP contribution in [0.25, 0.3) is 10.8 Å². The van der Waals surface area contributed by atoms with E-state index in [1.807, 2.05) is 0 Å². The molecule has 0 aliphatic rings. The van der Waals surface area contributed by atoms with E-state index in [0.29, 0.717) is 5.39 Å². The van der Waals surface area contributed by atoms with Crippen molar-refractivity contribution in [3.63, 3.8) is 0 Å². The molecule has 1 amide bonds. The van der Waals surface area contributed by atoms with Crippen molar-refractivity contribution in [3.05, 3.63) is 65.7 Å². The fourth-order valence-corrected chi connectivity index (χ4v) is 2.35. The van der Waals surface area contributed by atoms with Gasteiger partial charge in [0.25, 0.3) is 5.91 Å². The molecule has 116 valence electrons. The Kier molecular flexibility index (Phi) is 3.76. The maximum absolute atomic E-state index is 12.2. The molecule has 0 saturated heterocycles. The van der Waals surface area contributed by atoms with E-state index in [0.717, 1.165) is 10.9 Å². The minimum absolute atomic E-state index is 0.0985. The van der Waals surface area contributed by atoms with Gasteiger partial charge in [0.1, 0.15) is 17.2 Å². The first-order valence-corrected chi connectivity index (χ1v) is 7.05. The van der Waals surface area contributed by atoms with Crippen LogP contribution in [0.15, 0.2) is 54.6 Å². The van der Waals surface area contributed by atoms with E-state index in [-0.39, 0.29) is 29.4 Å². The van der Waals surface area contributed by atoms with Crippen LogP contribution in [0.4, 0.5) is 0 Å². The molecule has 3 aromatic carbocycles. The highest BCUT2D eigenvalue weighted by molar-refractivity contribution is 6.01. The van der Waals surface area contributed by atoms with Gasteiger partial charge in [-0.2, -0.15) is 0 Å². The van der Waals surface area contributed by atoms with Crippen LogP contribution in [0.5, 0.6) is 17.2 Å². The predicted molar refractivity (Wildman–Crippen MR) is 86.6 cm³/mol. The van der Waals surface area contributed by atoms with Gasteiger partial charge in [-0.05, 0) is 52.7 Å². The number of rotatable bonds is 3. The third-order valence-corrected chi connectivity index (χ3v) is 3.57. The molecule has 0 aromatic heterocycles. The maximum Gasteiger partial charge on any atom is 0.255 e. The molecule has 0 heterocycles.